The van der Waals surface area contributed by atoms with Crippen LogP contribution in [-0.4, -0.2) is 50.3 Å². The van der Waals surface area contributed by atoms with Gasteiger partial charge in [0, 0.05) is 24.7 Å². The van der Waals surface area contributed by atoms with Crippen LogP contribution >= 0.6 is 11.6 Å². The summed E-state index contributed by atoms with van der Waals surface area (Å²) in [6, 6.07) is 9.22. The van der Waals surface area contributed by atoms with Gasteiger partial charge in [-0.2, -0.15) is 0 Å². The molecule has 7 heteroatoms. The predicted molar refractivity (Wildman–Crippen MR) is 103 cm³/mol. The van der Waals surface area contributed by atoms with Gasteiger partial charge in [0.15, 0.2) is 6.61 Å². The number of carbonyl (C=O) groups is 1. The Balaban J connectivity index is 1.55. The number of rotatable bonds is 7. The summed E-state index contributed by atoms with van der Waals surface area (Å²) < 4.78 is 16.8. The van der Waals surface area contributed by atoms with Gasteiger partial charge in [0.2, 0.25) is 0 Å². The smallest absolute Gasteiger partial charge is 0.258 e. The van der Waals surface area contributed by atoms with Crippen molar-refractivity contribution >= 4 is 17.5 Å². The van der Waals surface area contributed by atoms with Gasteiger partial charge in [-0.25, -0.2) is 0 Å². The first-order valence-corrected chi connectivity index (χ1v) is 9.44. The summed E-state index contributed by atoms with van der Waals surface area (Å²) in [5, 5.41) is 3.63. The number of halogens is 1. The number of benzene rings is 1. The van der Waals surface area contributed by atoms with Crippen molar-refractivity contribution in [2.75, 3.05) is 39.5 Å². The molecular weight excluding hydrogens is 368 g/mol. The number of hydrogen-bond donors (Lipinski definition) is 1. The van der Waals surface area contributed by atoms with Crippen molar-refractivity contribution < 1.29 is 18.7 Å². The first-order chi connectivity index (χ1) is 13.0. The topological polar surface area (TPSA) is 63.9 Å². The summed E-state index contributed by atoms with van der Waals surface area (Å²) in [5.41, 5.74) is 0.912. The Morgan fingerprint density at radius 3 is 2.70 bits per heavy atom. The van der Waals surface area contributed by atoms with Crippen LogP contribution < -0.4 is 10.1 Å². The minimum Gasteiger partial charge on any atom is -0.484 e. The van der Waals surface area contributed by atoms with Crippen molar-refractivity contribution in [3.63, 3.8) is 0 Å². The molecule has 0 aliphatic carbocycles. The Kier molecular flexibility index (Phi) is 6.77. The second-order valence-electron chi connectivity index (χ2n) is 6.62. The monoisotopic (exact) mass is 392 g/mol. The van der Waals surface area contributed by atoms with Crippen LogP contribution in [0.3, 0.4) is 0 Å². The molecule has 0 radical (unpaired) electrons. The van der Waals surface area contributed by atoms with Crippen molar-refractivity contribution in [2.45, 2.75) is 19.9 Å². The minimum atomic E-state index is -0.177. The van der Waals surface area contributed by atoms with E-state index in [1.54, 1.807) is 12.1 Å². The zero-order valence-electron chi connectivity index (χ0n) is 15.7. The van der Waals surface area contributed by atoms with Gasteiger partial charge in [-0.05, 0) is 49.7 Å². The molecule has 1 fully saturated rings. The summed E-state index contributed by atoms with van der Waals surface area (Å²) in [5.74, 6) is 2.16. The molecule has 0 bridgehead atoms. The van der Waals surface area contributed by atoms with Gasteiger partial charge in [-0.3, -0.25) is 9.69 Å². The number of hydrogen-bond acceptors (Lipinski definition) is 5. The number of carbonyl (C=O) groups excluding carboxylic acids is 1. The van der Waals surface area contributed by atoms with Gasteiger partial charge >= 0.3 is 0 Å². The van der Waals surface area contributed by atoms with Gasteiger partial charge in [-0.15, -0.1) is 0 Å². The first kappa shape index (κ1) is 19.7. The summed E-state index contributed by atoms with van der Waals surface area (Å²) in [7, 11) is 0. The van der Waals surface area contributed by atoms with E-state index in [-0.39, 0.29) is 18.6 Å². The Hall–Kier alpha value is -2.02. The normalized spacial score (nSPS) is 16.1. The lowest BCUT2D eigenvalue weighted by molar-refractivity contribution is -0.123. The lowest BCUT2D eigenvalue weighted by Crippen LogP contribution is -2.44. The number of ether oxygens (including phenoxy) is 2. The molecule has 0 saturated carbocycles. The van der Waals surface area contributed by atoms with Crippen LogP contribution in [0, 0.1) is 13.8 Å². The molecular formula is C20H25ClN2O4. The zero-order chi connectivity index (χ0) is 19.2. The van der Waals surface area contributed by atoms with Gasteiger partial charge in [-0.1, -0.05) is 11.6 Å². The van der Waals surface area contributed by atoms with E-state index in [2.05, 4.69) is 10.2 Å². The van der Waals surface area contributed by atoms with Gasteiger partial charge in [0.25, 0.3) is 5.91 Å². The van der Waals surface area contributed by atoms with E-state index in [0.29, 0.717) is 30.5 Å². The highest BCUT2D eigenvalue weighted by Crippen LogP contribution is 2.23. The van der Waals surface area contributed by atoms with Gasteiger partial charge < -0.3 is 19.2 Å². The van der Waals surface area contributed by atoms with Crippen LogP contribution in [0.1, 0.15) is 23.1 Å². The molecule has 1 unspecified atom stereocenters. The summed E-state index contributed by atoms with van der Waals surface area (Å²) in [6.45, 7) is 7.20. The van der Waals surface area contributed by atoms with Crippen molar-refractivity contribution in [1.82, 2.24) is 10.2 Å². The second kappa shape index (κ2) is 9.26. The highest BCUT2D eigenvalue weighted by molar-refractivity contribution is 6.31. The number of nitrogens with zero attached hydrogens (tertiary/aromatic N) is 1. The fourth-order valence-corrected chi connectivity index (χ4v) is 3.17. The Morgan fingerprint density at radius 2 is 2.04 bits per heavy atom. The molecule has 3 rings (SSSR count). The maximum atomic E-state index is 12.3. The van der Waals surface area contributed by atoms with Crippen molar-refractivity contribution in [1.29, 1.82) is 0 Å². The molecule has 0 spiro atoms. The number of aryl methyl sites for hydroxylation is 2. The SMILES string of the molecule is Cc1ccc(C(CNC(=O)COc2ccc(Cl)c(C)c2)N2CCOCC2)o1. The van der Waals surface area contributed by atoms with E-state index >= 15 is 0 Å². The molecule has 2 aromatic rings. The van der Waals surface area contributed by atoms with Crippen LogP contribution in [0.5, 0.6) is 5.75 Å². The maximum Gasteiger partial charge on any atom is 0.258 e. The molecule has 2 heterocycles. The van der Waals surface area contributed by atoms with E-state index in [1.165, 1.54) is 0 Å². The fourth-order valence-electron chi connectivity index (χ4n) is 3.05. The third kappa shape index (κ3) is 5.48. The van der Waals surface area contributed by atoms with Crippen LogP contribution in [0.4, 0.5) is 0 Å². The molecule has 146 valence electrons. The largest absolute Gasteiger partial charge is 0.484 e. The Labute approximate surface area is 164 Å². The lowest BCUT2D eigenvalue weighted by Gasteiger charge is -2.33. The van der Waals surface area contributed by atoms with Crippen LogP contribution in [0.15, 0.2) is 34.7 Å². The molecule has 1 aromatic carbocycles. The minimum absolute atomic E-state index is 0.0238. The Bertz CT molecular complexity index is 771. The molecule has 1 amide bonds. The third-order valence-corrected chi connectivity index (χ3v) is 4.99. The average Bonchev–Trinajstić information content (AvgIpc) is 3.10. The number of morpholine rings is 1. The van der Waals surface area contributed by atoms with Gasteiger partial charge in [0.1, 0.15) is 17.3 Å². The van der Waals surface area contributed by atoms with E-state index in [0.717, 1.165) is 30.2 Å². The van der Waals surface area contributed by atoms with Crippen molar-refractivity contribution in [3.05, 3.63) is 52.4 Å². The van der Waals surface area contributed by atoms with E-state index in [9.17, 15) is 4.79 Å². The first-order valence-electron chi connectivity index (χ1n) is 9.06. The highest BCUT2D eigenvalue weighted by atomic mass is 35.5. The maximum absolute atomic E-state index is 12.3. The van der Waals surface area contributed by atoms with Crippen LogP contribution in [0.2, 0.25) is 5.02 Å². The average molecular weight is 393 g/mol. The van der Waals surface area contributed by atoms with E-state index < -0.39 is 0 Å². The number of furan rings is 1. The third-order valence-electron chi connectivity index (χ3n) is 4.57. The second-order valence-corrected chi connectivity index (χ2v) is 7.02. The summed E-state index contributed by atoms with van der Waals surface area (Å²) in [4.78, 5) is 14.5. The molecule has 6 nitrogen and oxygen atoms in total. The quantitative estimate of drug-likeness (QED) is 0.784. The van der Waals surface area contributed by atoms with Gasteiger partial charge in [0.05, 0.1) is 19.3 Å². The zero-order valence-corrected chi connectivity index (χ0v) is 16.4. The predicted octanol–water partition coefficient (Wildman–Crippen LogP) is 3.12. The van der Waals surface area contributed by atoms with E-state index in [1.807, 2.05) is 32.0 Å². The molecule has 27 heavy (non-hydrogen) atoms. The van der Waals surface area contributed by atoms with Crippen LogP contribution in [-0.2, 0) is 9.53 Å². The molecule has 1 aliphatic heterocycles. The van der Waals surface area contributed by atoms with Crippen molar-refractivity contribution in [3.8, 4) is 5.75 Å². The molecule has 1 saturated heterocycles. The number of amides is 1. The van der Waals surface area contributed by atoms with Crippen LogP contribution in [0.25, 0.3) is 0 Å². The molecule has 1 aliphatic rings. The molecule has 1 aromatic heterocycles. The molecule has 1 atom stereocenters. The Morgan fingerprint density at radius 1 is 1.26 bits per heavy atom. The fraction of sp³-hybridized carbons (Fsp3) is 0.450. The summed E-state index contributed by atoms with van der Waals surface area (Å²) in [6.07, 6.45) is 0. The lowest BCUT2D eigenvalue weighted by atomic mass is 10.1. The standard InChI is InChI=1S/C20H25ClN2O4/c1-14-11-16(4-5-17(14)21)26-13-20(24)22-12-18(19-6-3-15(2)27-19)23-7-9-25-10-8-23/h3-6,11,18H,7-10,12-13H2,1-2H3,(H,22,24). The van der Waals surface area contributed by atoms with Crippen molar-refractivity contribution in [2.24, 2.45) is 0 Å². The molecule has 1 N–H and O–H groups in total. The van der Waals surface area contributed by atoms with E-state index in [4.69, 9.17) is 25.5 Å². The highest BCUT2D eigenvalue weighted by Gasteiger charge is 2.25. The number of nitrogens with one attached hydrogen (secondary N) is 1. The summed E-state index contributed by atoms with van der Waals surface area (Å²) >= 11 is 6.00.